The van der Waals surface area contributed by atoms with Crippen LogP contribution in [0, 0.1) is 0 Å². The van der Waals surface area contributed by atoms with Gasteiger partial charge in [0.05, 0.1) is 16.1 Å². The first-order valence-corrected chi connectivity index (χ1v) is 11.6. The molecule has 1 heterocycles. The molecule has 4 rings (SSSR count). The Bertz CT molecular complexity index is 1000. The fraction of sp³-hybridized carbons (Fsp3) is 0.440. The van der Waals surface area contributed by atoms with Crippen LogP contribution in [0.4, 0.5) is 0 Å². The third-order valence-electron chi connectivity index (χ3n) is 6.78. The van der Waals surface area contributed by atoms with E-state index in [0.717, 1.165) is 18.4 Å². The van der Waals surface area contributed by atoms with Gasteiger partial charge in [-0.3, -0.25) is 9.69 Å². The summed E-state index contributed by atoms with van der Waals surface area (Å²) in [5.41, 5.74) is 0.0420. The van der Waals surface area contributed by atoms with Gasteiger partial charge in [-0.25, -0.2) is 4.79 Å². The number of aromatic carboxylic acids is 1. The van der Waals surface area contributed by atoms with Gasteiger partial charge in [0.25, 0.3) is 0 Å². The first kappa shape index (κ1) is 26.3. The van der Waals surface area contributed by atoms with Gasteiger partial charge in [0.15, 0.2) is 0 Å². The van der Waals surface area contributed by atoms with Crippen LogP contribution in [0.2, 0.25) is 5.02 Å². The van der Waals surface area contributed by atoms with E-state index in [-0.39, 0.29) is 23.9 Å². The summed E-state index contributed by atoms with van der Waals surface area (Å²) in [4.78, 5) is 26.9. The Balaban J connectivity index is 0.00000324. The molecule has 184 valence electrons. The molecule has 34 heavy (non-hydrogen) atoms. The van der Waals surface area contributed by atoms with Gasteiger partial charge in [0.1, 0.15) is 17.9 Å². The molecule has 0 unspecified atom stereocenters. The highest BCUT2D eigenvalue weighted by atomic mass is 35.5. The number of halogens is 2. The Kier molecular flexibility index (Phi) is 8.47. The molecule has 2 fully saturated rings. The summed E-state index contributed by atoms with van der Waals surface area (Å²) in [6.07, 6.45) is 2.85. The fourth-order valence-electron chi connectivity index (χ4n) is 4.44. The van der Waals surface area contributed by atoms with E-state index < -0.39 is 17.0 Å². The van der Waals surface area contributed by atoms with E-state index in [4.69, 9.17) is 26.2 Å². The van der Waals surface area contributed by atoms with Crippen LogP contribution in [0.1, 0.15) is 41.6 Å². The van der Waals surface area contributed by atoms with Crippen molar-refractivity contribution in [3.8, 4) is 5.75 Å². The van der Waals surface area contributed by atoms with Gasteiger partial charge in [-0.15, -0.1) is 12.4 Å². The van der Waals surface area contributed by atoms with Gasteiger partial charge in [0, 0.05) is 19.8 Å². The minimum atomic E-state index is -0.961. The number of nitrogens with zero attached hydrogens (tertiary/aromatic N) is 1. The van der Waals surface area contributed by atoms with Crippen LogP contribution in [0.25, 0.3) is 0 Å². The molecule has 1 saturated heterocycles. The van der Waals surface area contributed by atoms with E-state index in [9.17, 15) is 9.59 Å². The Morgan fingerprint density at radius 1 is 1.09 bits per heavy atom. The maximum absolute atomic E-state index is 13.7. The number of amides is 1. The van der Waals surface area contributed by atoms with Crippen LogP contribution in [0.5, 0.6) is 5.75 Å². The fourth-order valence-corrected chi connectivity index (χ4v) is 4.63. The monoisotopic (exact) mass is 508 g/mol. The van der Waals surface area contributed by atoms with Crippen molar-refractivity contribution in [1.29, 1.82) is 0 Å². The van der Waals surface area contributed by atoms with Crippen molar-refractivity contribution in [3.63, 3.8) is 0 Å². The predicted octanol–water partition coefficient (Wildman–Crippen LogP) is 4.13. The first-order valence-electron chi connectivity index (χ1n) is 11.2. The lowest BCUT2D eigenvalue weighted by atomic mass is 9.86. The van der Waals surface area contributed by atoms with Gasteiger partial charge in [-0.1, -0.05) is 35.9 Å². The highest BCUT2D eigenvalue weighted by Gasteiger charge is 2.51. The van der Waals surface area contributed by atoms with Crippen molar-refractivity contribution in [2.45, 2.75) is 36.8 Å². The molecule has 0 atom stereocenters. The highest BCUT2D eigenvalue weighted by Crippen LogP contribution is 2.46. The molecule has 1 saturated carbocycles. The van der Waals surface area contributed by atoms with Gasteiger partial charge >= 0.3 is 5.97 Å². The van der Waals surface area contributed by atoms with Crippen LogP contribution >= 0.6 is 24.0 Å². The molecule has 0 aromatic heterocycles. The van der Waals surface area contributed by atoms with Crippen molar-refractivity contribution in [2.75, 3.05) is 33.4 Å². The zero-order valence-electron chi connectivity index (χ0n) is 19.1. The lowest BCUT2D eigenvalue weighted by molar-refractivity contribution is -0.140. The van der Waals surface area contributed by atoms with E-state index in [1.165, 1.54) is 0 Å². The molecule has 0 bridgehead atoms. The molecule has 2 N–H and O–H groups in total. The Hall–Kier alpha value is -2.32. The number of rotatable bonds is 9. The lowest BCUT2D eigenvalue weighted by Gasteiger charge is -2.43. The standard InChI is InChI=1S/C25H29ClN2O5.ClH/c1-28(14-17-33-21-5-3-2-4-20(21)26)25(12-15-32-16-13-25)23(31)27-24(10-11-24)19-8-6-18(7-9-19)22(29)30;/h2-9H,10-17H2,1H3,(H,27,31)(H,29,30);1H. The zero-order chi connectivity index (χ0) is 23.5. The number of para-hydroxylation sites is 1. The van der Waals surface area contributed by atoms with Gasteiger partial charge in [0.2, 0.25) is 5.91 Å². The highest BCUT2D eigenvalue weighted by molar-refractivity contribution is 6.32. The molecule has 2 aromatic rings. The van der Waals surface area contributed by atoms with Crippen molar-refractivity contribution in [2.24, 2.45) is 0 Å². The van der Waals surface area contributed by atoms with E-state index in [0.29, 0.717) is 50.0 Å². The lowest BCUT2D eigenvalue weighted by Crippen LogP contribution is -2.62. The number of nitrogens with one attached hydrogen (secondary N) is 1. The number of carboxylic acids is 1. The molecule has 2 aromatic carbocycles. The molecule has 2 aliphatic rings. The minimum Gasteiger partial charge on any atom is -0.491 e. The number of carbonyl (C=O) groups excluding carboxylic acids is 1. The Labute approximate surface area is 210 Å². The minimum absolute atomic E-state index is 0. The van der Waals surface area contributed by atoms with E-state index >= 15 is 0 Å². The summed E-state index contributed by atoms with van der Waals surface area (Å²) in [5, 5.41) is 13.0. The summed E-state index contributed by atoms with van der Waals surface area (Å²) in [6.45, 7) is 1.99. The second kappa shape index (κ2) is 11.0. The Morgan fingerprint density at radius 2 is 1.74 bits per heavy atom. The molecule has 1 aliphatic heterocycles. The van der Waals surface area contributed by atoms with Crippen LogP contribution < -0.4 is 10.1 Å². The summed E-state index contributed by atoms with van der Waals surface area (Å²) in [5.74, 6) is -0.358. The second-order valence-corrected chi connectivity index (χ2v) is 9.17. The van der Waals surface area contributed by atoms with E-state index in [1.807, 2.05) is 25.2 Å². The largest absolute Gasteiger partial charge is 0.491 e. The number of hydrogen-bond acceptors (Lipinski definition) is 5. The number of carbonyl (C=O) groups is 2. The smallest absolute Gasteiger partial charge is 0.335 e. The molecular weight excluding hydrogens is 479 g/mol. The molecule has 1 aliphatic carbocycles. The van der Waals surface area contributed by atoms with Crippen molar-refractivity contribution < 1.29 is 24.2 Å². The summed E-state index contributed by atoms with van der Waals surface area (Å²) in [6, 6.07) is 14.1. The summed E-state index contributed by atoms with van der Waals surface area (Å²) < 4.78 is 11.4. The van der Waals surface area contributed by atoms with Crippen LogP contribution in [-0.2, 0) is 15.1 Å². The number of ether oxygens (including phenoxy) is 2. The molecule has 9 heteroatoms. The topological polar surface area (TPSA) is 88.1 Å². The molecule has 0 spiro atoms. The van der Waals surface area contributed by atoms with Crippen molar-refractivity contribution in [1.82, 2.24) is 10.2 Å². The summed E-state index contributed by atoms with van der Waals surface area (Å²) >= 11 is 6.18. The number of hydrogen-bond donors (Lipinski definition) is 2. The molecule has 0 radical (unpaired) electrons. The second-order valence-electron chi connectivity index (χ2n) is 8.76. The molecule has 1 amide bonds. The van der Waals surface area contributed by atoms with E-state index in [2.05, 4.69) is 10.2 Å². The zero-order valence-corrected chi connectivity index (χ0v) is 20.7. The predicted molar refractivity (Wildman–Crippen MR) is 132 cm³/mol. The maximum Gasteiger partial charge on any atom is 0.335 e. The third kappa shape index (κ3) is 5.49. The average Bonchev–Trinajstić information content (AvgIpc) is 3.61. The SMILES string of the molecule is CN(CCOc1ccccc1Cl)C1(C(=O)NC2(c3ccc(C(=O)O)cc3)CC2)CCOCC1.Cl. The van der Waals surface area contributed by atoms with E-state index in [1.54, 1.807) is 30.3 Å². The first-order chi connectivity index (χ1) is 15.9. The molecular formula is C25H30Cl2N2O5. The maximum atomic E-state index is 13.7. The van der Waals surface area contributed by atoms with Gasteiger partial charge < -0.3 is 19.9 Å². The molecule has 7 nitrogen and oxygen atoms in total. The third-order valence-corrected chi connectivity index (χ3v) is 7.09. The average molecular weight is 509 g/mol. The number of likely N-dealkylation sites (N-methyl/N-ethyl adjacent to an activating group) is 1. The number of benzene rings is 2. The summed E-state index contributed by atoms with van der Waals surface area (Å²) in [7, 11) is 1.95. The normalized spacial score (nSPS) is 18.0. The van der Waals surface area contributed by atoms with Crippen LogP contribution in [0.3, 0.4) is 0 Å². The van der Waals surface area contributed by atoms with Crippen LogP contribution in [-0.4, -0.2) is 60.8 Å². The van der Waals surface area contributed by atoms with Crippen molar-refractivity contribution >= 4 is 35.9 Å². The van der Waals surface area contributed by atoms with Gasteiger partial charge in [-0.05, 0) is 62.6 Å². The number of carboxylic acid groups (broad SMARTS) is 1. The van der Waals surface area contributed by atoms with Gasteiger partial charge in [-0.2, -0.15) is 0 Å². The quantitative estimate of drug-likeness (QED) is 0.529. The van der Waals surface area contributed by atoms with Crippen molar-refractivity contribution in [3.05, 3.63) is 64.7 Å². The van der Waals surface area contributed by atoms with Crippen LogP contribution in [0.15, 0.2) is 48.5 Å². The Morgan fingerprint density at radius 3 is 2.32 bits per heavy atom.